The number of aromatic nitrogens is 1. The number of sulfonamides is 1. The lowest BCUT2D eigenvalue weighted by Gasteiger charge is -2.31. The second-order valence-corrected chi connectivity index (χ2v) is 17.2. The summed E-state index contributed by atoms with van der Waals surface area (Å²) in [5, 5.41) is 18.8. The Kier molecular flexibility index (Phi) is 12.8. The first-order chi connectivity index (χ1) is 29.0. The van der Waals surface area contributed by atoms with Gasteiger partial charge in [-0.25, -0.2) is 18.1 Å². The molecular weight excluding hydrogens is 805 g/mol. The van der Waals surface area contributed by atoms with Crippen molar-refractivity contribution in [1.29, 1.82) is 0 Å². The first-order valence-electron chi connectivity index (χ1n) is 19.4. The number of methoxy groups -OCH3 is 1. The summed E-state index contributed by atoms with van der Waals surface area (Å²) >= 11 is 0. The van der Waals surface area contributed by atoms with Gasteiger partial charge in [-0.3, -0.25) is 24.2 Å². The summed E-state index contributed by atoms with van der Waals surface area (Å²) in [6.45, 7) is 11.4. The van der Waals surface area contributed by atoms with Gasteiger partial charge in [0.1, 0.15) is 41.3 Å². The van der Waals surface area contributed by atoms with Crippen molar-refractivity contribution in [1.82, 2.24) is 25.2 Å². The van der Waals surface area contributed by atoms with Crippen LogP contribution < -0.4 is 29.9 Å². The minimum absolute atomic E-state index is 0.0257. The van der Waals surface area contributed by atoms with E-state index in [1.54, 1.807) is 51.1 Å². The molecule has 1 aliphatic heterocycles. The number of ether oxygens (including phenoxy) is 3. The quantitative estimate of drug-likeness (QED) is 0.0684. The maximum atomic E-state index is 14.6. The number of likely N-dealkylation sites (tertiary alicyclic amines) is 1. The van der Waals surface area contributed by atoms with Crippen LogP contribution >= 0.6 is 0 Å². The first kappa shape index (κ1) is 43.8. The fourth-order valence-corrected chi connectivity index (χ4v) is 8.04. The average Bonchev–Trinajstić information content (AvgIpc) is 3.80. The highest BCUT2D eigenvalue weighted by Crippen LogP contribution is 2.45. The molecule has 320 valence electrons. The lowest BCUT2D eigenvalue weighted by Crippen LogP contribution is -2.57. The van der Waals surface area contributed by atoms with Crippen molar-refractivity contribution in [3.05, 3.63) is 110 Å². The Morgan fingerprint density at radius 1 is 1.03 bits per heavy atom. The number of rotatable bonds is 15. The first-order valence-corrected chi connectivity index (χ1v) is 20.9. The van der Waals surface area contributed by atoms with Crippen LogP contribution in [0.15, 0.2) is 120 Å². The molecule has 2 fully saturated rings. The van der Waals surface area contributed by atoms with Crippen LogP contribution in [-0.2, 0) is 33.9 Å². The third-order valence-corrected chi connectivity index (χ3v) is 11.5. The Hall–Kier alpha value is -6.75. The van der Waals surface area contributed by atoms with Crippen LogP contribution in [0.1, 0.15) is 33.6 Å². The molecule has 0 radical (unpaired) electrons. The number of nitrogens with zero attached hydrogens (tertiary/aromatic N) is 3. The van der Waals surface area contributed by atoms with Gasteiger partial charge in [0.15, 0.2) is 0 Å². The molecule has 1 saturated heterocycles. The maximum Gasteiger partial charge on any atom is 0.264 e. The molecule has 3 N–H and O–H groups in total. The maximum absolute atomic E-state index is 14.6. The van der Waals surface area contributed by atoms with E-state index in [9.17, 15) is 32.7 Å². The van der Waals surface area contributed by atoms with Crippen molar-refractivity contribution in [3.8, 4) is 22.8 Å². The third kappa shape index (κ3) is 10.2. The molecule has 6 rings (SSSR count). The molecule has 1 unspecified atom stereocenters. The number of hydrogen-bond donors (Lipinski definition) is 3. The van der Waals surface area contributed by atoms with Crippen LogP contribution in [0.5, 0.6) is 11.5 Å². The van der Waals surface area contributed by atoms with E-state index in [-0.39, 0.29) is 24.3 Å². The van der Waals surface area contributed by atoms with E-state index in [0.717, 1.165) is 11.6 Å². The number of fused-ring (bicyclic) bond motifs is 1. The molecule has 0 spiro atoms. The third-order valence-electron chi connectivity index (χ3n) is 10.1. The zero-order chi connectivity index (χ0) is 44.1. The number of aliphatic imine (C=N–C) groups is 1. The lowest BCUT2D eigenvalue weighted by atomic mass is 10.1. The molecule has 4 amide bonds. The molecule has 0 bridgehead atoms. The van der Waals surface area contributed by atoms with Crippen LogP contribution in [0, 0.1) is 5.92 Å². The predicted molar refractivity (Wildman–Crippen MR) is 224 cm³/mol. The Morgan fingerprint density at radius 3 is 2.34 bits per heavy atom. The molecular formula is C44H47N6O10S-. The molecule has 5 atom stereocenters. The predicted octanol–water partition coefficient (Wildman–Crippen LogP) is 3.03. The molecule has 16 nitrogen and oxygen atoms in total. The summed E-state index contributed by atoms with van der Waals surface area (Å²) in [5.74, 6) is -2.99. The van der Waals surface area contributed by atoms with E-state index in [1.807, 2.05) is 30.3 Å². The monoisotopic (exact) mass is 851 g/mol. The zero-order valence-corrected chi connectivity index (χ0v) is 34.9. The number of amides is 4. The summed E-state index contributed by atoms with van der Waals surface area (Å²) < 4.78 is 45.9. The van der Waals surface area contributed by atoms with E-state index in [1.165, 1.54) is 42.4 Å². The molecule has 1 saturated carbocycles. The van der Waals surface area contributed by atoms with Crippen molar-refractivity contribution in [2.45, 2.75) is 67.8 Å². The van der Waals surface area contributed by atoms with E-state index in [4.69, 9.17) is 19.2 Å². The Morgan fingerprint density at radius 2 is 1.72 bits per heavy atom. The molecule has 4 aromatic rings. The lowest BCUT2D eigenvalue weighted by molar-refractivity contribution is -0.261. The van der Waals surface area contributed by atoms with Crippen molar-refractivity contribution < 1.29 is 46.9 Å². The zero-order valence-electron chi connectivity index (χ0n) is 34.1. The van der Waals surface area contributed by atoms with Crippen molar-refractivity contribution >= 4 is 50.6 Å². The molecule has 3 aromatic carbocycles. The highest BCUT2D eigenvalue weighted by molar-refractivity contribution is 7.90. The van der Waals surface area contributed by atoms with Crippen LogP contribution in [0.25, 0.3) is 22.2 Å². The molecule has 2 heterocycles. The molecule has 17 heteroatoms. The molecule has 2 aliphatic rings. The van der Waals surface area contributed by atoms with Gasteiger partial charge in [0.25, 0.3) is 15.9 Å². The van der Waals surface area contributed by atoms with Gasteiger partial charge in [0, 0.05) is 47.6 Å². The van der Waals surface area contributed by atoms with Gasteiger partial charge in [0.2, 0.25) is 17.7 Å². The molecule has 1 aliphatic carbocycles. The van der Waals surface area contributed by atoms with Gasteiger partial charge in [-0.05, 0) is 36.8 Å². The second kappa shape index (κ2) is 17.8. The highest BCUT2D eigenvalue weighted by atomic mass is 32.2. The normalized spacial score (nSPS) is 20.5. The molecule has 1 aromatic heterocycles. The smallest absolute Gasteiger partial charge is 0.264 e. The van der Waals surface area contributed by atoms with Gasteiger partial charge < -0.3 is 34.9 Å². The number of pyridine rings is 1. The summed E-state index contributed by atoms with van der Waals surface area (Å²) in [6.07, 6.45) is 0.383. The SMILES string of the molecule is C=CC(=O)NCC(N=C([O-])OC(C)(C)C)C(=O)N1C[C@H](Oc2cc(-c3ccccc3)nc3cc(OC)ccc23)C[C@H]1C(=O)N[C@]1(C(=O)NS(=O)(=O)c2ccccc2)C[C@H]1C=C. The van der Waals surface area contributed by atoms with E-state index in [0.29, 0.717) is 28.1 Å². The van der Waals surface area contributed by atoms with Crippen molar-refractivity contribution in [3.63, 3.8) is 0 Å². The Labute approximate surface area is 353 Å². The minimum Gasteiger partial charge on any atom is -0.595 e. The fourth-order valence-electron chi connectivity index (χ4n) is 6.99. The van der Waals surface area contributed by atoms with Crippen LogP contribution in [0.4, 0.5) is 0 Å². The van der Waals surface area contributed by atoms with Gasteiger partial charge in [-0.2, -0.15) is 0 Å². The summed E-state index contributed by atoms with van der Waals surface area (Å²) in [7, 11) is -2.80. The number of hydrogen-bond acceptors (Lipinski definition) is 12. The average molecular weight is 852 g/mol. The van der Waals surface area contributed by atoms with Gasteiger partial charge in [-0.1, -0.05) is 82.0 Å². The van der Waals surface area contributed by atoms with Gasteiger partial charge in [0.05, 0.1) is 29.8 Å². The van der Waals surface area contributed by atoms with Gasteiger partial charge in [-0.15, -0.1) is 6.58 Å². The topological polar surface area (TPSA) is 218 Å². The highest BCUT2D eigenvalue weighted by Gasteiger charge is 2.61. The Balaban J connectivity index is 1.36. The number of nitrogens with one attached hydrogen (secondary N) is 3. The number of carbonyl (C=O) groups is 4. The Bertz CT molecular complexity index is 2470. The molecule has 61 heavy (non-hydrogen) atoms. The second-order valence-electron chi connectivity index (χ2n) is 15.6. The number of benzene rings is 3. The van der Waals surface area contributed by atoms with Crippen molar-refractivity contribution in [2.75, 3.05) is 20.2 Å². The minimum atomic E-state index is -4.33. The fraction of sp³-hybridized carbons (Fsp3) is 0.318. The largest absolute Gasteiger partial charge is 0.595 e. The number of carbonyl (C=O) groups excluding carboxylic acids is 4. The van der Waals surface area contributed by atoms with E-state index >= 15 is 0 Å². The van der Waals surface area contributed by atoms with Crippen LogP contribution in [0.2, 0.25) is 0 Å². The van der Waals surface area contributed by atoms with Gasteiger partial charge >= 0.3 is 0 Å². The summed E-state index contributed by atoms with van der Waals surface area (Å²) in [6, 6.07) is 20.8. The van der Waals surface area contributed by atoms with E-state index < -0.39 is 81.5 Å². The summed E-state index contributed by atoms with van der Waals surface area (Å²) in [5.41, 5.74) is -0.776. The van der Waals surface area contributed by atoms with Crippen LogP contribution in [-0.4, -0.2) is 97.5 Å². The van der Waals surface area contributed by atoms with Crippen LogP contribution in [0.3, 0.4) is 0 Å². The van der Waals surface area contributed by atoms with E-state index in [2.05, 4.69) is 33.5 Å². The van der Waals surface area contributed by atoms with Crippen molar-refractivity contribution in [2.24, 2.45) is 10.9 Å². The standard InChI is InChI=1S/C44H48N6O10S/c1-7-28-24-44(28,41(54)49-61(56,57)31-17-13-10-14-18-31)48-39(52)36-22-30(26-50(36)40(53)35(25-45-38(51)8-2)47-42(55)60-43(3,4)5)59-37-23-33(27-15-11-9-12-16-27)46-34-21-29(58-6)19-20-32(34)37/h7-21,23,28,30,35-36H,1-2,22,24-26H2,3-6H3,(H,45,51)(H,47,55)(H,48,52)(H,49,54)/p-1/t28-,30-,35?,36+,44-/m1/s1. The summed E-state index contributed by atoms with van der Waals surface area (Å²) in [4.78, 5) is 65.0.